The van der Waals surface area contributed by atoms with Gasteiger partial charge in [-0.1, -0.05) is 0 Å². The first kappa shape index (κ1) is 18.0. The first-order valence-electron chi connectivity index (χ1n) is 0.408. The van der Waals surface area contributed by atoms with Gasteiger partial charge in [-0.25, -0.2) is 0 Å². The van der Waals surface area contributed by atoms with E-state index in [0.29, 0.717) is 0 Å². The molecule has 0 aromatic heterocycles. The second-order valence-electron chi connectivity index (χ2n) is 0.0833. The molecule has 5 heteroatoms. The van der Waals surface area contributed by atoms with Crippen LogP contribution in [0.5, 0.6) is 0 Å². The predicted octanol–water partition coefficient (Wildman–Crippen LogP) is -2.86. The Morgan fingerprint density at radius 1 is 1.60 bits per heavy atom. The van der Waals surface area contributed by atoms with Crippen molar-refractivity contribution in [3.8, 4) is 0 Å². The molecule has 0 unspecified atom stereocenters. The van der Waals surface area contributed by atoms with Crippen molar-refractivity contribution >= 4 is 17.4 Å². The Bertz CT molecular complexity index is 17.1. The van der Waals surface area contributed by atoms with Gasteiger partial charge in [0.25, 0.3) is 0 Å². The van der Waals surface area contributed by atoms with E-state index >= 15 is 0 Å². The summed E-state index contributed by atoms with van der Waals surface area (Å²) in [5.41, 5.74) is 0. The van der Waals surface area contributed by atoms with Gasteiger partial charge in [0.05, 0.1) is 0 Å². The van der Waals surface area contributed by atoms with Gasteiger partial charge in [-0.2, -0.15) is 0 Å². The van der Waals surface area contributed by atoms with E-state index < -0.39 is 0 Å². The molecule has 0 aromatic rings. The van der Waals surface area contributed by atoms with E-state index in [0.717, 1.165) is 0 Å². The molecule has 0 amide bonds. The van der Waals surface area contributed by atoms with Crippen molar-refractivity contribution in [3.63, 3.8) is 0 Å². The fraction of sp³-hybridized carbons (Fsp3) is 0. The van der Waals surface area contributed by atoms with Crippen LogP contribution in [0.1, 0.15) is 0 Å². The van der Waals surface area contributed by atoms with E-state index in [9.17, 15) is 0 Å². The molecule has 5 heavy (non-hydrogen) atoms. The third-order valence-electron chi connectivity index (χ3n) is 0. The summed E-state index contributed by atoms with van der Waals surface area (Å²) in [5, 5.41) is 8.38. The first-order chi connectivity index (χ1) is 1.41. The van der Waals surface area contributed by atoms with Crippen molar-refractivity contribution in [2.45, 2.75) is 0 Å². The van der Waals surface area contributed by atoms with Gasteiger partial charge in [0, 0.05) is 22.1 Å². The average molecular weight is 136 g/mol. The number of hydrogen-bond donors (Lipinski definition) is 1. The molecule has 1 radical (unpaired) electrons. The van der Waals surface area contributed by atoms with Crippen LogP contribution in [0.4, 0.5) is 0 Å². The van der Waals surface area contributed by atoms with Gasteiger partial charge in [-0.05, 0) is 0 Å². The zero-order chi connectivity index (χ0) is 2.71. The summed E-state index contributed by atoms with van der Waals surface area (Å²) in [6.07, 6.45) is 0. The van der Waals surface area contributed by atoms with Crippen LogP contribution >= 0.6 is 0 Å². The average Bonchev–Trinajstić information content (AvgIpc) is 0.918. The van der Waals surface area contributed by atoms with Crippen LogP contribution in [-0.2, 0) is 16.8 Å². The van der Waals surface area contributed by atoms with Gasteiger partial charge in [0.2, 0.25) is 0 Å². The van der Waals surface area contributed by atoms with Crippen LogP contribution in [0.3, 0.4) is 0 Å². The number of nitrogens with one attached hydrogen (secondary N) is 1. The van der Waals surface area contributed by atoms with E-state index in [1.807, 2.05) is 0 Å². The molecular formula is H4AlCoNO2. The maximum atomic E-state index is 8.12. The van der Waals surface area contributed by atoms with E-state index in [2.05, 4.69) is 0 Å². The molecule has 0 bridgehead atoms. The van der Waals surface area contributed by atoms with E-state index in [4.69, 9.17) is 10.1 Å². The smallest absolute Gasteiger partial charge is 0.187 e. The summed E-state index contributed by atoms with van der Waals surface area (Å²) in [5.74, 6) is 0. The minimum Gasteiger partial charge on any atom is -0.267 e. The van der Waals surface area contributed by atoms with E-state index in [1.54, 1.807) is 0 Å². The Hall–Kier alpha value is 0.439. The maximum Gasteiger partial charge on any atom is 0.187 e. The summed E-state index contributed by atoms with van der Waals surface area (Å²) in [6, 6.07) is 0. The van der Waals surface area contributed by atoms with Crippen molar-refractivity contribution in [1.82, 2.24) is 0 Å². The van der Waals surface area contributed by atoms with Crippen LogP contribution in [0, 0.1) is 10.1 Å². The molecule has 0 fully saturated rings. The molecule has 0 aliphatic carbocycles. The fourth-order valence-electron chi connectivity index (χ4n) is 0. The van der Waals surface area contributed by atoms with Crippen LogP contribution in [0.2, 0.25) is 0 Å². The Morgan fingerprint density at radius 3 is 1.60 bits per heavy atom. The number of rotatable bonds is 0. The largest absolute Gasteiger partial charge is 0.267 e. The quantitative estimate of drug-likeness (QED) is 0.221. The minimum atomic E-state index is 0. The molecule has 0 atom stereocenters. The van der Waals surface area contributed by atoms with Crippen LogP contribution in [-0.4, -0.2) is 17.4 Å². The second-order valence-corrected chi connectivity index (χ2v) is 0.0833. The molecule has 0 saturated heterocycles. The summed E-state index contributed by atoms with van der Waals surface area (Å²) in [6.45, 7) is 0. The predicted molar refractivity (Wildman–Crippen MR) is 17.6 cm³/mol. The Balaban J connectivity index is -0.0000000200. The molecule has 0 saturated carbocycles. The molecule has 0 spiro atoms. The third-order valence-corrected chi connectivity index (χ3v) is 0. The Kier molecular flexibility index (Phi) is 91.4. The Morgan fingerprint density at radius 2 is 1.60 bits per heavy atom. The topological polar surface area (TPSA) is 54.1 Å². The molecule has 3 nitrogen and oxygen atoms in total. The van der Waals surface area contributed by atoms with Crippen molar-refractivity contribution in [2.75, 3.05) is 0 Å². The van der Waals surface area contributed by atoms with Gasteiger partial charge in [0.1, 0.15) is 0 Å². The van der Waals surface area contributed by atoms with E-state index in [1.165, 1.54) is 0 Å². The van der Waals surface area contributed by atoms with E-state index in [-0.39, 0.29) is 39.5 Å². The van der Waals surface area contributed by atoms with Crippen LogP contribution in [0.25, 0.3) is 0 Å². The molecule has 33 valence electrons. The normalized spacial score (nSPS) is 2.40. The SMILES string of the molecule is O=[NH+][O-].[AlH3].[Co]. The minimum absolute atomic E-state index is 0. The standard InChI is InChI=1S/Al.Co.HNO2.3H/c;;2-1-3;;;/h;;1H;;;. The summed E-state index contributed by atoms with van der Waals surface area (Å²) < 4.78 is 0. The summed E-state index contributed by atoms with van der Waals surface area (Å²) in [4.78, 5) is 8.12. The van der Waals surface area contributed by atoms with Crippen molar-refractivity contribution in [3.05, 3.63) is 10.1 Å². The molecule has 0 aliphatic heterocycles. The summed E-state index contributed by atoms with van der Waals surface area (Å²) in [7, 11) is 0. The molecule has 0 heterocycles. The maximum absolute atomic E-state index is 8.12. The van der Waals surface area contributed by atoms with Gasteiger partial charge >= 0.3 is 0 Å². The van der Waals surface area contributed by atoms with Gasteiger partial charge in [-0.15, -0.1) is 0 Å². The van der Waals surface area contributed by atoms with Crippen molar-refractivity contribution in [2.24, 2.45) is 0 Å². The van der Waals surface area contributed by atoms with Crippen molar-refractivity contribution in [1.29, 1.82) is 0 Å². The number of hydrogen-bond acceptors (Lipinski definition) is 2. The molecule has 0 aliphatic rings. The van der Waals surface area contributed by atoms with Crippen LogP contribution < -0.4 is 5.34 Å². The monoisotopic (exact) mass is 136 g/mol. The zero-order valence-corrected chi connectivity index (χ0v) is 2.69. The van der Waals surface area contributed by atoms with Crippen LogP contribution in [0.15, 0.2) is 0 Å². The van der Waals surface area contributed by atoms with Crippen molar-refractivity contribution < 1.29 is 22.1 Å². The van der Waals surface area contributed by atoms with Gasteiger partial charge in [0.15, 0.2) is 17.4 Å². The first-order valence-corrected chi connectivity index (χ1v) is 0.408. The molecule has 0 rings (SSSR count). The fourth-order valence-corrected chi connectivity index (χ4v) is 0. The van der Waals surface area contributed by atoms with Gasteiger partial charge < -0.3 is 0 Å². The third kappa shape index (κ3) is 137. The molecular weight excluding hydrogens is 132 g/mol. The molecule has 1 N–H and O–H groups in total. The zero-order valence-electron chi connectivity index (χ0n) is 1.65. The Labute approximate surface area is 50.0 Å². The molecule has 0 aromatic carbocycles. The summed E-state index contributed by atoms with van der Waals surface area (Å²) >= 11 is 0. The second kappa shape index (κ2) is 25.4. The van der Waals surface area contributed by atoms with Gasteiger partial charge in [-0.3, -0.25) is 10.1 Å².